The SMILES string of the molecule is CO[C@@H]1[C@H](C)[C@H](Nc2cc(-c3ccccc3)nc3ncnn23)C1(C)C. The van der Waals surface area contributed by atoms with Crippen LogP contribution in [0.3, 0.4) is 0 Å². The fourth-order valence-corrected chi connectivity index (χ4v) is 4.26. The highest BCUT2D eigenvalue weighted by Crippen LogP contribution is 2.48. The number of rotatable bonds is 4. The summed E-state index contributed by atoms with van der Waals surface area (Å²) in [6, 6.07) is 12.5. The molecular formula is C19H23N5O. The maximum Gasteiger partial charge on any atom is 0.254 e. The maximum atomic E-state index is 5.66. The summed E-state index contributed by atoms with van der Waals surface area (Å²) >= 11 is 0. The number of hydrogen-bond donors (Lipinski definition) is 1. The predicted molar refractivity (Wildman–Crippen MR) is 97.4 cm³/mol. The number of ether oxygens (including phenoxy) is 1. The van der Waals surface area contributed by atoms with E-state index >= 15 is 0 Å². The zero-order valence-corrected chi connectivity index (χ0v) is 15.0. The first-order chi connectivity index (χ1) is 12.0. The van der Waals surface area contributed by atoms with Gasteiger partial charge in [0, 0.05) is 36.1 Å². The molecule has 3 aromatic rings. The first-order valence-electron chi connectivity index (χ1n) is 8.58. The van der Waals surface area contributed by atoms with Crippen molar-refractivity contribution in [2.75, 3.05) is 12.4 Å². The average molecular weight is 337 g/mol. The molecule has 1 N–H and O–H groups in total. The van der Waals surface area contributed by atoms with Gasteiger partial charge in [-0.25, -0.2) is 4.98 Å². The summed E-state index contributed by atoms with van der Waals surface area (Å²) in [5.41, 5.74) is 1.99. The van der Waals surface area contributed by atoms with Crippen LogP contribution in [0.15, 0.2) is 42.7 Å². The van der Waals surface area contributed by atoms with E-state index in [1.54, 1.807) is 11.6 Å². The molecule has 3 atom stereocenters. The summed E-state index contributed by atoms with van der Waals surface area (Å²) in [6.45, 7) is 6.68. The van der Waals surface area contributed by atoms with E-state index in [1.807, 2.05) is 24.3 Å². The molecule has 2 heterocycles. The molecule has 25 heavy (non-hydrogen) atoms. The summed E-state index contributed by atoms with van der Waals surface area (Å²) in [7, 11) is 1.79. The van der Waals surface area contributed by atoms with Crippen LogP contribution >= 0.6 is 0 Å². The van der Waals surface area contributed by atoms with Crippen molar-refractivity contribution in [1.29, 1.82) is 0 Å². The maximum absolute atomic E-state index is 5.66. The van der Waals surface area contributed by atoms with Crippen LogP contribution in [0.25, 0.3) is 17.0 Å². The molecule has 1 saturated carbocycles. The molecule has 1 aliphatic rings. The third kappa shape index (κ3) is 2.48. The second kappa shape index (κ2) is 5.81. The minimum Gasteiger partial charge on any atom is -0.380 e. The Morgan fingerprint density at radius 3 is 2.64 bits per heavy atom. The summed E-state index contributed by atoms with van der Waals surface area (Å²) < 4.78 is 7.42. The number of nitrogens with zero attached hydrogens (tertiary/aromatic N) is 4. The lowest BCUT2D eigenvalue weighted by Crippen LogP contribution is -2.64. The first kappa shape index (κ1) is 16.0. The van der Waals surface area contributed by atoms with Crippen molar-refractivity contribution in [3.63, 3.8) is 0 Å². The van der Waals surface area contributed by atoms with Crippen LogP contribution in [-0.4, -0.2) is 38.8 Å². The summed E-state index contributed by atoms with van der Waals surface area (Å²) in [5, 5.41) is 7.99. The summed E-state index contributed by atoms with van der Waals surface area (Å²) in [4.78, 5) is 8.91. The molecule has 1 aliphatic carbocycles. The zero-order chi connectivity index (χ0) is 17.6. The van der Waals surface area contributed by atoms with Gasteiger partial charge in [0.1, 0.15) is 12.1 Å². The lowest BCUT2D eigenvalue weighted by Gasteiger charge is -2.56. The lowest BCUT2D eigenvalue weighted by molar-refractivity contribution is -0.126. The highest BCUT2D eigenvalue weighted by atomic mass is 16.5. The summed E-state index contributed by atoms with van der Waals surface area (Å²) in [5.74, 6) is 1.91. The van der Waals surface area contributed by atoms with Gasteiger partial charge in [0.05, 0.1) is 11.8 Å². The van der Waals surface area contributed by atoms with Crippen LogP contribution in [0.1, 0.15) is 20.8 Å². The minimum absolute atomic E-state index is 0.0389. The van der Waals surface area contributed by atoms with Crippen LogP contribution in [0.5, 0.6) is 0 Å². The Balaban J connectivity index is 1.73. The van der Waals surface area contributed by atoms with E-state index in [-0.39, 0.29) is 17.6 Å². The van der Waals surface area contributed by atoms with Crippen molar-refractivity contribution in [3.8, 4) is 11.3 Å². The average Bonchev–Trinajstić information content (AvgIpc) is 3.09. The third-order valence-corrected chi connectivity index (χ3v) is 5.42. The second-order valence-corrected chi connectivity index (χ2v) is 7.32. The molecule has 130 valence electrons. The van der Waals surface area contributed by atoms with Gasteiger partial charge in [-0.05, 0) is 0 Å². The van der Waals surface area contributed by atoms with Crippen LogP contribution in [0, 0.1) is 11.3 Å². The van der Waals surface area contributed by atoms with Gasteiger partial charge in [-0.1, -0.05) is 51.1 Å². The lowest BCUT2D eigenvalue weighted by atomic mass is 9.58. The molecule has 0 radical (unpaired) electrons. The van der Waals surface area contributed by atoms with Gasteiger partial charge >= 0.3 is 0 Å². The number of benzene rings is 1. The van der Waals surface area contributed by atoms with Crippen molar-refractivity contribution >= 4 is 11.6 Å². The fourth-order valence-electron chi connectivity index (χ4n) is 4.26. The van der Waals surface area contributed by atoms with Gasteiger partial charge in [-0.2, -0.15) is 14.6 Å². The molecule has 0 aliphatic heterocycles. The number of fused-ring (bicyclic) bond motifs is 1. The molecule has 0 saturated heterocycles. The van der Waals surface area contributed by atoms with Gasteiger partial charge < -0.3 is 10.1 Å². The van der Waals surface area contributed by atoms with E-state index in [9.17, 15) is 0 Å². The highest BCUT2D eigenvalue weighted by Gasteiger charge is 2.54. The number of aromatic nitrogens is 4. The van der Waals surface area contributed by atoms with E-state index < -0.39 is 0 Å². The van der Waals surface area contributed by atoms with E-state index in [2.05, 4.69) is 53.3 Å². The van der Waals surface area contributed by atoms with E-state index in [0.29, 0.717) is 11.7 Å². The smallest absolute Gasteiger partial charge is 0.254 e. The first-order valence-corrected chi connectivity index (χ1v) is 8.58. The molecule has 6 nitrogen and oxygen atoms in total. The normalized spacial score (nSPS) is 24.9. The van der Waals surface area contributed by atoms with Gasteiger partial charge in [-0.3, -0.25) is 0 Å². The Morgan fingerprint density at radius 1 is 1.20 bits per heavy atom. The number of anilines is 1. The summed E-state index contributed by atoms with van der Waals surface area (Å²) in [6.07, 6.45) is 1.78. The highest BCUT2D eigenvalue weighted by molar-refractivity contribution is 5.65. The Morgan fingerprint density at radius 2 is 1.96 bits per heavy atom. The molecule has 0 amide bonds. The monoisotopic (exact) mass is 337 g/mol. The molecule has 2 aromatic heterocycles. The van der Waals surface area contributed by atoms with Gasteiger partial charge in [0.25, 0.3) is 5.78 Å². The van der Waals surface area contributed by atoms with E-state index in [1.165, 1.54) is 6.33 Å². The molecule has 0 spiro atoms. The molecule has 0 bridgehead atoms. The van der Waals surface area contributed by atoms with Gasteiger partial charge in [0.2, 0.25) is 0 Å². The number of nitrogens with one attached hydrogen (secondary N) is 1. The van der Waals surface area contributed by atoms with Crippen LogP contribution in [0.2, 0.25) is 0 Å². The third-order valence-electron chi connectivity index (χ3n) is 5.42. The molecule has 1 fully saturated rings. The molecule has 1 aromatic carbocycles. The number of methoxy groups -OCH3 is 1. The fraction of sp³-hybridized carbons (Fsp3) is 0.421. The standard InChI is InChI=1S/C19H23N5O/c1-12-16(19(2,3)17(12)25-4)23-15-10-14(13-8-6-5-7-9-13)22-18-20-11-21-24(15)18/h5-12,16-17,23H,1-4H3/t12-,16+,17-/m1/s1. The van der Waals surface area contributed by atoms with E-state index in [0.717, 1.165) is 17.1 Å². The molecule has 0 unspecified atom stereocenters. The van der Waals surface area contributed by atoms with Gasteiger partial charge in [0.15, 0.2) is 0 Å². The van der Waals surface area contributed by atoms with E-state index in [4.69, 9.17) is 4.74 Å². The topological polar surface area (TPSA) is 64.3 Å². The quantitative estimate of drug-likeness (QED) is 0.791. The number of hydrogen-bond acceptors (Lipinski definition) is 5. The van der Waals surface area contributed by atoms with Crippen molar-refractivity contribution < 1.29 is 4.74 Å². The molecule has 4 rings (SSSR count). The van der Waals surface area contributed by atoms with Crippen LogP contribution in [0.4, 0.5) is 5.82 Å². The molecular weight excluding hydrogens is 314 g/mol. The van der Waals surface area contributed by atoms with Crippen molar-refractivity contribution in [2.45, 2.75) is 32.9 Å². The molecule has 6 heteroatoms. The Kier molecular flexibility index (Phi) is 3.72. The largest absolute Gasteiger partial charge is 0.380 e. The Hall–Kier alpha value is -2.47. The second-order valence-electron chi connectivity index (χ2n) is 7.32. The Bertz CT molecular complexity index is 889. The predicted octanol–water partition coefficient (Wildman–Crippen LogP) is 3.26. The zero-order valence-electron chi connectivity index (χ0n) is 15.0. The van der Waals surface area contributed by atoms with Crippen LogP contribution < -0.4 is 5.32 Å². The minimum atomic E-state index is 0.0389. The van der Waals surface area contributed by atoms with Gasteiger partial charge in [-0.15, -0.1) is 0 Å². The van der Waals surface area contributed by atoms with Crippen molar-refractivity contribution in [1.82, 2.24) is 19.6 Å². The van der Waals surface area contributed by atoms with Crippen molar-refractivity contribution in [3.05, 3.63) is 42.7 Å². The Labute approximate surface area is 147 Å². The van der Waals surface area contributed by atoms with Crippen molar-refractivity contribution in [2.24, 2.45) is 11.3 Å². The van der Waals surface area contributed by atoms with Crippen LogP contribution in [-0.2, 0) is 4.74 Å².